The van der Waals surface area contributed by atoms with Crippen LogP contribution in [0.5, 0.6) is 0 Å². The second-order valence-corrected chi connectivity index (χ2v) is 5.87. The Kier molecular flexibility index (Phi) is 4.10. The van der Waals surface area contributed by atoms with Crippen molar-refractivity contribution in [1.82, 2.24) is 14.7 Å². The number of rotatable bonds is 3. The van der Waals surface area contributed by atoms with E-state index in [1.807, 2.05) is 4.90 Å². The molecule has 0 aromatic heterocycles. The van der Waals surface area contributed by atoms with Gasteiger partial charge in [0.1, 0.15) is 0 Å². The lowest BCUT2D eigenvalue weighted by molar-refractivity contribution is -0.133. The zero-order chi connectivity index (χ0) is 14.0. The van der Waals surface area contributed by atoms with Crippen LogP contribution in [0.2, 0.25) is 0 Å². The Morgan fingerprint density at radius 3 is 2.42 bits per heavy atom. The third-order valence-corrected chi connectivity index (χ3v) is 3.95. The third kappa shape index (κ3) is 3.45. The Balaban J connectivity index is 1.84. The smallest absolute Gasteiger partial charge is 0.242 e. The first-order valence-electron chi connectivity index (χ1n) is 6.93. The normalized spacial score (nSPS) is 22.8. The molecule has 0 bridgehead atoms. The summed E-state index contributed by atoms with van der Waals surface area (Å²) in [5.41, 5.74) is 5.39. The maximum atomic E-state index is 12.2. The van der Waals surface area contributed by atoms with Gasteiger partial charge < -0.3 is 15.5 Å². The first kappa shape index (κ1) is 14.3. The number of nitrogens with two attached hydrogens (primary N) is 1. The van der Waals surface area contributed by atoms with Gasteiger partial charge in [-0.3, -0.25) is 14.5 Å². The van der Waals surface area contributed by atoms with Gasteiger partial charge in [-0.2, -0.15) is 0 Å². The topological polar surface area (TPSA) is 69.9 Å². The molecule has 2 amide bonds. The number of likely N-dealkylation sites (N-methyl/N-ethyl adjacent to an activating group) is 1. The largest absolute Gasteiger partial charge is 0.348 e. The molecule has 6 nitrogen and oxygen atoms in total. The van der Waals surface area contributed by atoms with E-state index in [-0.39, 0.29) is 11.8 Å². The van der Waals surface area contributed by atoms with Gasteiger partial charge in [0, 0.05) is 40.3 Å². The summed E-state index contributed by atoms with van der Waals surface area (Å²) in [6.07, 6.45) is 2.53. The van der Waals surface area contributed by atoms with Crippen LogP contribution in [0.25, 0.3) is 0 Å². The summed E-state index contributed by atoms with van der Waals surface area (Å²) >= 11 is 0. The lowest BCUT2D eigenvalue weighted by atomic mass is 10.2. The molecule has 1 heterocycles. The van der Waals surface area contributed by atoms with Crippen LogP contribution in [-0.4, -0.2) is 78.9 Å². The Hall–Kier alpha value is -1.14. The van der Waals surface area contributed by atoms with E-state index in [0.29, 0.717) is 13.1 Å². The van der Waals surface area contributed by atoms with E-state index in [1.165, 1.54) is 0 Å². The second kappa shape index (κ2) is 5.46. The molecule has 1 saturated carbocycles. The summed E-state index contributed by atoms with van der Waals surface area (Å²) < 4.78 is 0. The van der Waals surface area contributed by atoms with E-state index in [4.69, 9.17) is 5.73 Å². The van der Waals surface area contributed by atoms with E-state index in [1.54, 1.807) is 19.0 Å². The van der Waals surface area contributed by atoms with Crippen LogP contribution in [0.3, 0.4) is 0 Å². The summed E-state index contributed by atoms with van der Waals surface area (Å²) in [4.78, 5) is 29.5. The molecular weight excluding hydrogens is 244 g/mol. The third-order valence-electron chi connectivity index (χ3n) is 3.95. The summed E-state index contributed by atoms with van der Waals surface area (Å²) in [6, 6.07) is 0. The molecule has 2 aliphatic rings. The van der Waals surface area contributed by atoms with Crippen molar-refractivity contribution in [2.24, 2.45) is 5.73 Å². The van der Waals surface area contributed by atoms with Gasteiger partial charge in [0.05, 0.1) is 12.1 Å². The predicted octanol–water partition coefficient (Wildman–Crippen LogP) is -0.900. The van der Waals surface area contributed by atoms with Crippen molar-refractivity contribution in [3.63, 3.8) is 0 Å². The zero-order valence-corrected chi connectivity index (χ0v) is 11.9. The molecule has 2 N–H and O–H groups in total. The van der Waals surface area contributed by atoms with Crippen LogP contribution in [0, 0.1) is 0 Å². The Labute approximate surface area is 114 Å². The van der Waals surface area contributed by atoms with Gasteiger partial charge in [0.15, 0.2) is 0 Å². The Morgan fingerprint density at radius 2 is 1.84 bits per heavy atom. The summed E-state index contributed by atoms with van der Waals surface area (Å²) in [5, 5.41) is 0. The highest BCUT2D eigenvalue weighted by atomic mass is 16.2. The fourth-order valence-corrected chi connectivity index (χ4v) is 2.33. The van der Waals surface area contributed by atoms with Crippen LogP contribution in [0.4, 0.5) is 0 Å². The molecule has 0 spiro atoms. The Bertz CT molecular complexity index is 366. The molecule has 1 aliphatic carbocycles. The molecule has 0 unspecified atom stereocenters. The molecule has 2 rings (SSSR count). The molecule has 0 aromatic carbocycles. The van der Waals surface area contributed by atoms with E-state index in [0.717, 1.165) is 38.9 Å². The first-order chi connectivity index (χ1) is 8.92. The summed E-state index contributed by atoms with van der Waals surface area (Å²) in [5.74, 6) is 0.200. The molecule has 0 atom stereocenters. The minimum atomic E-state index is -0.575. The summed E-state index contributed by atoms with van der Waals surface area (Å²) in [6.45, 7) is 3.48. The quantitative estimate of drug-likeness (QED) is 0.720. The van der Waals surface area contributed by atoms with E-state index in [9.17, 15) is 9.59 Å². The number of amides is 2. The number of hydrogen-bond donors (Lipinski definition) is 1. The Morgan fingerprint density at radius 1 is 1.16 bits per heavy atom. The van der Waals surface area contributed by atoms with E-state index < -0.39 is 5.54 Å². The monoisotopic (exact) mass is 268 g/mol. The van der Waals surface area contributed by atoms with Gasteiger partial charge in [0.25, 0.3) is 0 Å². The molecule has 1 saturated heterocycles. The van der Waals surface area contributed by atoms with Crippen molar-refractivity contribution >= 4 is 11.8 Å². The zero-order valence-electron chi connectivity index (χ0n) is 11.9. The predicted molar refractivity (Wildman–Crippen MR) is 72.5 cm³/mol. The molecule has 0 radical (unpaired) electrons. The number of carbonyl (C=O) groups excluding carboxylic acids is 2. The molecule has 19 heavy (non-hydrogen) atoms. The van der Waals surface area contributed by atoms with Crippen molar-refractivity contribution in [2.45, 2.75) is 24.8 Å². The minimum absolute atomic E-state index is 0.0910. The number of carbonyl (C=O) groups is 2. The van der Waals surface area contributed by atoms with Gasteiger partial charge in [-0.05, 0) is 19.3 Å². The van der Waals surface area contributed by atoms with Gasteiger partial charge >= 0.3 is 0 Å². The fourth-order valence-electron chi connectivity index (χ4n) is 2.33. The van der Waals surface area contributed by atoms with Crippen molar-refractivity contribution in [1.29, 1.82) is 0 Å². The average molecular weight is 268 g/mol. The number of nitrogens with zero attached hydrogens (tertiary/aromatic N) is 3. The standard InChI is InChI=1S/C13H24N4O2/c1-15(2)11(18)10-16-6-3-7-17(9-8-16)12(19)13(14)4-5-13/h3-10,14H2,1-2H3. The second-order valence-electron chi connectivity index (χ2n) is 5.87. The van der Waals surface area contributed by atoms with Gasteiger partial charge in [-0.25, -0.2) is 0 Å². The average Bonchev–Trinajstić information content (AvgIpc) is 3.13. The lowest BCUT2D eigenvalue weighted by Gasteiger charge is -2.24. The molecule has 0 aromatic rings. The first-order valence-corrected chi connectivity index (χ1v) is 6.93. The van der Waals surface area contributed by atoms with Gasteiger partial charge in [0.2, 0.25) is 11.8 Å². The highest BCUT2D eigenvalue weighted by Crippen LogP contribution is 2.34. The fraction of sp³-hybridized carbons (Fsp3) is 0.846. The minimum Gasteiger partial charge on any atom is -0.348 e. The maximum Gasteiger partial charge on any atom is 0.242 e. The van der Waals surface area contributed by atoms with E-state index in [2.05, 4.69) is 4.90 Å². The molecule has 1 aliphatic heterocycles. The molecule has 6 heteroatoms. The number of hydrogen-bond acceptors (Lipinski definition) is 4. The van der Waals surface area contributed by atoms with E-state index >= 15 is 0 Å². The van der Waals surface area contributed by atoms with Crippen LogP contribution in [-0.2, 0) is 9.59 Å². The van der Waals surface area contributed by atoms with Crippen LogP contribution < -0.4 is 5.73 Å². The van der Waals surface area contributed by atoms with Crippen LogP contribution in [0.15, 0.2) is 0 Å². The van der Waals surface area contributed by atoms with Crippen LogP contribution >= 0.6 is 0 Å². The maximum absolute atomic E-state index is 12.2. The SMILES string of the molecule is CN(C)C(=O)CN1CCCN(C(=O)C2(N)CC2)CC1. The summed E-state index contributed by atoms with van der Waals surface area (Å²) in [7, 11) is 3.53. The van der Waals surface area contributed by atoms with Crippen molar-refractivity contribution < 1.29 is 9.59 Å². The van der Waals surface area contributed by atoms with Gasteiger partial charge in [-0.15, -0.1) is 0 Å². The highest BCUT2D eigenvalue weighted by Gasteiger charge is 2.48. The van der Waals surface area contributed by atoms with Crippen molar-refractivity contribution in [2.75, 3.05) is 46.8 Å². The lowest BCUT2D eigenvalue weighted by Crippen LogP contribution is -2.47. The van der Waals surface area contributed by atoms with Crippen molar-refractivity contribution in [3.05, 3.63) is 0 Å². The molecule has 2 fully saturated rings. The van der Waals surface area contributed by atoms with Crippen LogP contribution in [0.1, 0.15) is 19.3 Å². The highest BCUT2D eigenvalue weighted by molar-refractivity contribution is 5.89. The molecule has 108 valence electrons. The molecular formula is C13H24N4O2. The van der Waals surface area contributed by atoms with Gasteiger partial charge in [-0.1, -0.05) is 0 Å². The van der Waals surface area contributed by atoms with Crippen molar-refractivity contribution in [3.8, 4) is 0 Å².